The van der Waals surface area contributed by atoms with Gasteiger partial charge in [-0.15, -0.1) is 11.3 Å². The number of cyclic esters (lactones) is 1. The number of esters is 1. The third kappa shape index (κ3) is 8.40. The number of likely N-dealkylation sites (tertiary alicyclic amines) is 3. The molecule has 2 N–H and O–H groups in total. The highest BCUT2D eigenvalue weighted by atomic mass is 32.1. The molecule has 6 fully saturated rings. The number of amides is 3. The largest absolute Gasteiger partial charge is 0.464 e. The van der Waals surface area contributed by atoms with Gasteiger partial charge in [0.05, 0.1) is 41.9 Å². The van der Waals surface area contributed by atoms with Crippen LogP contribution < -0.4 is 10.7 Å². The molecule has 17 nitrogen and oxygen atoms in total. The summed E-state index contributed by atoms with van der Waals surface area (Å²) in [6.45, 7) is 14.9. The highest BCUT2D eigenvalue weighted by Gasteiger charge is 2.58. The van der Waals surface area contributed by atoms with E-state index in [-0.39, 0.29) is 53.7 Å². The molecule has 2 aliphatic carbocycles. The second-order valence-corrected chi connectivity index (χ2v) is 23.6. The highest BCUT2D eigenvalue weighted by molar-refractivity contribution is 7.10. The molecule has 18 heteroatoms. The minimum absolute atomic E-state index is 0.000181. The van der Waals surface area contributed by atoms with Crippen LogP contribution in [0.3, 0.4) is 0 Å². The molecule has 12 rings (SSSR count). The van der Waals surface area contributed by atoms with Gasteiger partial charge in [-0.1, -0.05) is 26.8 Å². The third-order valence-corrected chi connectivity index (χ3v) is 17.7. The monoisotopic (exact) mass is 995 g/mol. The molecular weight excluding hydrogens is 931 g/mol. The van der Waals surface area contributed by atoms with Crippen LogP contribution in [0.1, 0.15) is 106 Å². The van der Waals surface area contributed by atoms with Gasteiger partial charge in [0, 0.05) is 134 Å². The summed E-state index contributed by atoms with van der Waals surface area (Å²) >= 11 is 1.49. The number of rotatable bonds is 9. The van der Waals surface area contributed by atoms with E-state index in [1.165, 1.54) is 35.5 Å². The number of carbonyl (C=O) groups is 4. The molecule has 5 aliphatic heterocycles. The zero-order valence-corrected chi connectivity index (χ0v) is 42.9. The summed E-state index contributed by atoms with van der Waals surface area (Å²) in [6.07, 6.45) is 8.92. The van der Waals surface area contributed by atoms with Gasteiger partial charge in [0.2, 0.25) is 11.8 Å². The van der Waals surface area contributed by atoms with Crippen LogP contribution >= 0.6 is 11.3 Å². The Morgan fingerprint density at radius 3 is 2.54 bits per heavy atom. The summed E-state index contributed by atoms with van der Waals surface area (Å²) in [6, 6.07) is 11.1. The number of fused-ring (bicyclic) bond motifs is 6. The third-order valence-electron chi connectivity index (χ3n) is 16.8. The van der Waals surface area contributed by atoms with E-state index < -0.39 is 35.4 Å². The van der Waals surface area contributed by atoms with Gasteiger partial charge in [0.15, 0.2) is 0 Å². The Labute approximate surface area is 424 Å². The van der Waals surface area contributed by atoms with Gasteiger partial charge in [-0.05, 0) is 80.8 Å². The Kier molecular flexibility index (Phi) is 11.9. The molecule has 378 valence electrons. The molecule has 4 aromatic heterocycles. The molecule has 5 aromatic rings. The number of ether oxygens (including phenoxy) is 2. The SMILES string of the molecule is CO[C@@H](C)c1ncccc1-c1c2c3cc(ccc3n1C1CN(C3CC3)C1)-c1csc(n1)[C@@H](N1CC3(CN(C(C)=O)C3)C1)[C@H](NC(=O)[C@@H]1[C@@H](C)[C@H]1c1ccncn1)C(=O)N1CCC[C@H](N1)C(=O)OCC(C)(C)C2. The predicted molar refractivity (Wildman–Crippen MR) is 270 cm³/mol. The Hall–Kier alpha value is -5.66. The van der Waals surface area contributed by atoms with E-state index in [1.54, 1.807) is 20.2 Å². The summed E-state index contributed by atoms with van der Waals surface area (Å²) in [5.41, 5.74) is 10.5. The average Bonchev–Trinajstić information content (AvgIpc) is 4.22. The summed E-state index contributed by atoms with van der Waals surface area (Å²) in [5.74, 6) is -1.46. The fourth-order valence-electron chi connectivity index (χ4n) is 12.6. The van der Waals surface area contributed by atoms with Crippen molar-refractivity contribution in [2.24, 2.45) is 22.7 Å². The van der Waals surface area contributed by atoms with E-state index in [0.717, 1.165) is 63.5 Å². The normalized spacial score (nSPS) is 27.9. The molecule has 4 saturated heterocycles. The van der Waals surface area contributed by atoms with Crippen LogP contribution in [-0.2, 0) is 35.1 Å². The summed E-state index contributed by atoms with van der Waals surface area (Å²) < 4.78 is 14.8. The summed E-state index contributed by atoms with van der Waals surface area (Å²) in [5, 5.41) is 8.71. The fourth-order valence-corrected chi connectivity index (χ4v) is 13.6. The number of nitrogens with one attached hydrogen (secondary N) is 2. The van der Waals surface area contributed by atoms with Gasteiger partial charge in [0.25, 0.3) is 5.91 Å². The predicted octanol–water partition coefficient (Wildman–Crippen LogP) is 5.70. The van der Waals surface area contributed by atoms with Crippen molar-refractivity contribution in [3.8, 4) is 22.5 Å². The van der Waals surface area contributed by atoms with Crippen molar-refractivity contribution in [1.29, 1.82) is 0 Å². The zero-order valence-electron chi connectivity index (χ0n) is 42.0. The number of benzene rings is 1. The van der Waals surface area contributed by atoms with Crippen LogP contribution in [0.4, 0.5) is 0 Å². The minimum atomic E-state index is -1.07. The standard InChI is InChI=1S/C54H65N11O6S/c1-30-43(39-15-17-55-29-57-39)44(30)49(67)59-46-48(63-26-54(27-63)24-62(25-54)32(3)66)50-58-41(23-72-50)33-11-14-42-37(19-33)38(20-53(4,5)28-71-52(69)40-10-8-18-64(60-40)51(46)68)47(36-9-7-16-56-45(36)31(2)70-6)65(42)35-21-61(22-35)34-12-13-34/h7,9,11,14-17,19,23,29-31,34-35,40,43-44,46,48,60H,8,10,12-13,18,20-22,24-28H2,1-6H3,(H,59,67)/t30-,31-,40-,43-,44+,46-,48-/m0/s1. The number of nitrogens with zero attached hydrogens (tertiary/aromatic N) is 9. The van der Waals surface area contributed by atoms with E-state index in [2.05, 4.69) is 78.6 Å². The number of carbonyl (C=O) groups excluding carboxylic acids is 4. The van der Waals surface area contributed by atoms with Crippen LogP contribution in [-0.4, -0.2) is 146 Å². The second kappa shape index (κ2) is 18.1. The first-order valence-corrected chi connectivity index (χ1v) is 26.7. The lowest BCUT2D eigenvalue weighted by Gasteiger charge is -2.62. The Morgan fingerprint density at radius 1 is 1.00 bits per heavy atom. The van der Waals surface area contributed by atoms with Gasteiger partial charge < -0.3 is 24.3 Å². The molecule has 2 saturated carbocycles. The number of aromatic nitrogens is 5. The summed E-state index contributed by atoms with van der Waals surface area (Å²) in [4.78, 5) is 82.5. The van der Waals surface area contributed by atoms with Gasteiger partial charge in [-0.3, -0.25) is 39.0 Å². The molecule has 0 unspecified atom stereocenters. The van der Waals surface area contributed by atoms with Crippen LogP contribution in [0.15, 0.2) is 60.5 Å². The first-order valence-electron chi connectivity index (χ1n) is 25.8. The number of hydrogen-bond donors (Lipinski definition) is 2. The van der Waals surface area contributed by atoms with Gasteiger partial charge in [-0.25, -0.2) is 20.4 Å². The van der Waals surface area contributed by atoms with Gasteiger partial charge >= 0.3 is 5.97 Å². The summed E-state index contributed by atoms with van der Waals surface area (Å²) in [7, 11) is 1.72. The average molecular weight is 996 g/mol. The Balaban J connectivity index is 0.992. The quantitative estimate of drug-likeness (QED) is 0.172. The first-order chi connectivity index (χ1) is 34.7. The van der Waals surface area contributed by atoms with Gasteiger partial charge in [-0.2, -0.15) is 0 Å². The topological polar surface area (TPSA) is 180 Å². The molecule has 3 amide bonds. The second-order valence-electron chi connectivity index (χ2n) is 22.7. The lowest BCUT2D eigenvalue weighted by atomic mass is 9.71. The van der Waals surface area contributed by atoms with Crippen LogP contribution in [0.5, 0.6) is 0 Å². The van der Waals surface area contributed by atoms with Crippen molar-refractivity contribution in [2.45, 2.75) is 109 Å². The van der Waals surface area contributed by atoms with E-state index in [1.807, 2.05) is 37.1 Å². The molecule has 1 spiro atoms. The maximum absolute atomic E-state index is 15.4. The van der Waals surface area contributed by atoms with Crippen LogP contribution in [0.25, 0.3) is 33.4 Å². The zero-order chi connectivity index (χ0) is 49.8. The van der Waals surface area contributed by atoms with Crippen LogP contribution in [0, 0.1) is 22.7 Å². The van der Waals surface area contributed by atoms with E-state index >= 15 is 4.79 Å². The number of hydrogen-bond acceptors (Lipinski definition) is 14. The first kappa shape index (κ1) is 47.4. The molecule has 7 atom stereocenters. The van der Waals surface area contributed by atoms with Crippen molar-refractivity contribution in [1.82, 2.24) is 55.0 Å². The molecule has 1 aromatic carbocycles. The minimum Gasteiger partial charge on any atom is -0.464 e. The maximum atomic E-state index is 15.4. The van der Waals surface area contributed by atoms with Crippen molar-refractivity contribution in [3.63, 3.8) is 0 Å². The van der Waals surface area contributed by atoms with E-state index in [4.69, 9.17) is 19.4 Å². The van der Waals surface area contributed by atoms with Crippen molar-refractivity contribution >= 4 is 45.9 Å². The highest BCUT2D eigenvalue weighted by Crippen LogP contribution is 2.54. The smallest absolute Gasteiger partial charge is 0.324 e. The lowest BCUT2D eigenvalue weighted by molar-refractivity contribution is -0.167. The maximum Gasteiger partial charge on any atom is 0.324 e. The molecular formula is C54H65N11O6S. The molecule has 6 bridgehead atoms. The Morgan fingerprint density at radius 2 is 1.81 bits per heavy atom. The molecule has 9 heterocycles. The van der Waals surface area contributed by atoms with E-state index in [9.17, 15) is 14.4 Å². The number of hydrazine groups is 1. The molecule has 72 heavy (non-hydrogen) atoms. The lowest BCUT2D eigenvalue weighted by Crippen LogP contribution is -2.74. The number of thiazole rings is 1. The van der Waals surface area contributed by atoms with Crippen molar-refractivity contribution in [2.75, 3.05) is 59.5 Å². The number of methoxy groups -OCH3 is 1. The van der Waals surface area contributed by atoms with Crippen molar-refractivity contribution in [3.05, 3.63) is 82.5 Å². The molecule has 0 radical (unpaired) electrons. The van der Waals surface area contributed by atoms with Crippen LogP contribution in [0.2, 0.25) is 0 Å². The Bertz CT molecular complexity index is 2940. The molecule has 7 aliphatic rings. The van der Waals surface area contributed by atoms with Gasteiger partial charge in [0.1, 0.15) is 23.4 Å². The van der Waals surface area contributed by atoms with E-state index in [0.29, 0.717) is 63.0 Å². The van der Waals surface area contributed by atoms with Crippen molar-refractivity contribution < 1.29 is 28.7 Å². The number of pyridine rings is 1. The fraction of sp³-hybridized carbons (Fsp3) is 0.556.